The molecule has 1 saturated heterocycles. The van der Waals surface area contributed by atoms with Crippen molar-refractivity contribution in [2.45, 2.75) is 51.7 Å². The maximum absolute atomic E-state index is 5.75. The minimum atomic E-state index is 0.480. The average molecular weight is 228 g/mol. The first-order valence-corrected chi connectivity index (χ1v) is 6.76. The predicted molar refractivity (Wildman–Crippen MR) is 68.8 cm³/mol. The standard InChI is InChI=1S/C13H28N2O/c1-4-14-12(2)8-9-15(3)11-13-7-5-6-10-16-13/h12-14H,4-11H2,1-3H3. The van der Waals surface area contributed by atoms with E-state index < -0.39 is 0 Å². The quantitative estimate of drug-likeness (QED) is 0.720. The fraction of sp³-hybridized carbons (Fsp3) is 1.00. The van der Waals surface area contributed by atoms with Crippen LogP contribution in [-0.4, -0.2) is 50.3 Å². The summed E-state index contributed by atoms with van der Waals surface area (Å²) in [7, 11) is 2.20. The van der Waals surface area contributed by atoms with E-state index in [0.717, 1.165) is 26.2 Å². The molecule has 0 saturated carbocycles. The van der Waals surface area contributed by atoms with Crippen LogP contribution in [0.1, 0.15) is 39.5 Å². The molecule has 0 aromatic rings. The van der Waals surface area contributed by atoms with Crippen molar-refractivity contribution in [2.75, 3.05) is 33.3 Å². The Morgan fingerprint density at radius 2 is 2.25 bits per heavy atom. The van der Waals surface area contributed by atoms with Crippen molar-refractivity contribution in [3.8, 4) is 0 Å². The van der Waals surface area contributed by atoms with Crippen molar-refractivity contribution in [3.63, 3.8) is 0 Å². The largest absolute Gasteiger partial charge is 0.377 e. The van der Waals surface area contributed by atoms with Crippen molar-refractivity contribution in [1.82, 2.24) is 10.2 Å². The summed E-state index contributed by atoms with van der Waals surface area (Å²) in [5, 5.41) is 3.45. The molecule has 1 fully saturated rings. The fourth-order valence-corrected chi connectivity index (χ4v) is 2.25. The molecule has 1 rings (SSSR count). The number of nitrogens with one attached hydrogen (secondary N) is 1. The monoisotopic (exact) mass is 228 g/mol. The summed E-state index contributed by atoms with van der Waals surface area (Å²) in [4.78, 5) is 2.41. The van der Waals surface area contributed by atoms with Crippen molar-refractivity contribution < 1.29 is 4.74 Å². The minimum absolute atomic E-state index is 0.480. The fourth-order valence-electron chi connectivity index (χ4n) is 2.25. The molecule has 3 heteroatoms. The first kappa shape index (κ1) is 13.9. The molecule has 0 spiro atoms. The van der Waals surface area contributed by atoms with Crippen molar-refractivity contribution in [1.29, 1.82) is 0 Å². The zero-order valence-corrected chi connectivity index (χ0v) is 11.2. The highest BCUT2D eigenvalue weighted by Crippen LogP contribution is 2.13. The van der Waals surface area contributed by atoms with Crippen molar-refractivity contribution in [2.24, 2.45) is 0 Å². The molecule has 0 amide bonds. The van der Waals surface area contributed by atoms with E-state index in [1.807, 2.05) is 0 Å². The maximum atomic E-state index is 5.75. The van der Waals surface area contributed by atoms with Gasteiger partial charge in [0, 0.05) is 19.2 Å². The van der Waals surface area contributed by atoms with Gasteiger partial charge in [-0.15, -0.1) is 0 Å². The third kappa shape index (κ3) is 5.83. The molecule has 2 unspecified atom stereocenters. The van der Waals surface area contributed by atoms with Crippen LogP contribution >= 0.6 is 0 Å². The Morgan fingerprint density at radius 3 is 2.88 bits per heavy atom. The lowest BCUT2D eigenvalue weighted by molar-refractivity contribution is -0.00180. The molecule has 0 aromatic heterocycles. The molecular formula is C13H28N2O. The van der Waals surface area contributed by atoms with E-state index in [2.05, 4.69) is 31.1 Å². The zero-order chi connectivity index (χ0) is 11.8. The van der Waals surface area contributed by atoms with Crippen LogP contribution in [0, 0.1) is 0 Å². The number of rotatable bonds is 7. The van der Waals surface area contributed by atoms with Crippen molar-refractivity contribution in [3.05, 3.63) is 0 Å². The summed E-state index contributed by atoms with van der Waals surface area (Å²) in [5.41, 5.74) is 0. The van der Waals surface area contributed by atoms with Crippen LogP contribution in [0.15, 0.2) is 0 Å². The Morgan fingerprint density at radius 1 is 1.44 bits per heavy atom. The molecule has 0 aromatic carbocycles. The van der Waals surface area contributed by atoms with Crippen LogP contribution in [0.4, 0.5) is 0 Å². The molecule has 0 radical (unpaired) electrons. The molecule has 16 heavy (non-hydrogen) atoms. The van der Waals surface area contributed by atoms with E-state index in [4.69, 9.17) is 4.74 Å². The second-order valence-electron chi connectivity index (χ2n) is 5.00. The number of nitrogens with zero attached hydrogens (tertiary/aromatic N) is 1. The molecule has 96 valence electrons. The molecule has 1 heterocycles. The number of hydrogen-bond acceptors (Lipinski definition) is 3. The number of ether oxygens (including phenoxy) is 1. The van der Waals surface area contributed by atoms with E-state index in [1.54, 1.807) is 0 Å². The summed E-state index contributed by atoms with van der Waals surface area (Å²) < 4.78 is 5.75. The van der Waals surface area contributed by atoms with Gasteiger partial charge in [0.15, 0.2) is 0 Å². The van der Waals surface area contributed by atoms with E-state index in [1.165, 1.54) is 25.7 Å². The van der Waals surface area contributed by atoms with Gasteiger partial charge in [0.25, 0.3) is 0 Å². The summed E-state index contributed by atoms with van der Waals surface area (Å²) in [5.74, 6) is 0. The highest BCUT2D eigenvalue weighted by molar-refractivity contribution is 4.69. The van der Waals surface area contributed by atoms with Crippen LogP contribution in [0.25, 0.3) is 0 Å². The highest BCUT2D eigenvalue weighted by Gasteiger charge is 2.15. The highest BCUT2D eigenvalue weighted by atomic mass is 16.5. The lowest BCUT2D eigenvalue weighted by Crippen LogP contribution is -2.36. The summed E-state index contributed by atoms with van der Waals surface area (Å²) in [6.45, 7) is 8.71. The predicted octanol–water partition coefficient (Wildman–Crippen LogP) is 1.88. The van der Waals surface area contributed by atoms with Gasteiger partial charge in [-0.1, -0.05) is 6.92 Å². The van der Waals surface area contributed by atoms with E-state index in [0.29, 0.717) is 12.1 Å². The van der Waals surface area contributed by atoms with Gasteiger partial charge in [-0.2, -0.15) is 0 Å². The van der Waals surface area contributed by atoms with E-state index in [9.17, 15) is 0 Å². The Kier molecular flexibility index (Phi) is 7.01. The Labute approximate surface area is 101 Å². The maximum Gasteiger partial charge on any atom is 0.0701 e. The van der Waals surface area contributed by atoms with Gasteiger partial charge in [-0.25, -0.2) is 0 Å². The zero-order valence-electron chi connectivity index (χ0n) is 11.2. The SMILES string of the molecule is CCNC(C)CCN(C)CC1CCCCO1. The van der Waals surface area contributed by atoms with Gasteiger partial charge >= 0.3 is 0 Å². The average Bonchev–Trinajstić information content (AvgIpc) is 2.28. The van der Waals surface area contributed by atoms with Gasteiger partial charge in [0.05, 0.1) is 6.10 Å². The van der Waals surface area contributed by atoms with Crippen LogP contribution in [-0.2, 0) is 4.74 Å². The van der Waals surface area contributed by atoms with Gasteiger partial charge < -0.3 is 15.0 Å². The lowest BCUT2D eigenvalue weighted by Gasteiger charge is -2.28. The van der Waals surface area contributed by atoms with Crippen LogP contribution in [0.3, 0.4) is 0 Å². The number of hydrogen-bond donors (Lipinski definition) is 1. The number of likely N-dealkylation sites (N-methyl/N-ethyl adjacent to an activating group) is 1. The Hall–Kier alpha value is -0.120. The summed E-state index contributed by atoms with van der Waals surface area (Å²) >= 11 is 0. The third-order valence-electron chi connectivity index (χ3n) is 3.29. The Bertz CT molecular complexity index is 169. The molecule has 1 aliphatic heterocycles. The van der Waals surface area contributed by atoms with Gasteiger partial charge in [-0.3, -0.25) is 0 Å². The lowest BCUT2D eigenvalue weighted by atomic mass is 10.1. The van der Waals surface area contributed by atoms with Crippen LogP contribution in [0.2, 0.25) is 0 Å². The molecular weight excluding hydrogens is 200 g/mol. The first-order valence-electron chi connectivity index (χ1n) is 6.76. The van der Waals surface area contributed by atoms with Gasteiger partial charge in [0.1, 0.15) is 0 Å². The second kappa shape index (κ2) is 8.04. The molecule has 0 aliphatic carbocycles. The Balaban J connectivity index is 2.07. The summed E-state index contributed by atoms with van der Waals surface area (Å²) in [6, 6.07) is 0.625. The molecule has 1 N–H and O–H groups in total. The van der Waals surface area contributed by atoms with E-state index in [-0.39, 0.29) is 0 Å². The molecule has 3 nitrogen and oxygen atoms in total. The smallest absolute Gasteiger partial charge is 0.0701 e. The van der Waals surface area contributed by atoms with Crippen molar-refractivity contribution >= 4 is 0 Å². The van der Waals surface area contributed by atoms with Crippen LogP contribution < -0.4 is 5.32 Å². The van der Waals surface area contributed by atoms with E-state index >= 15 is 0 Å². The minimum Gasteiger partial charge on any atom is -0.377 e. The van der Waals surface area contributed by atoms with Gasteiger partial charge in [-0.05, 0) is 52.7 Å². The normalized spacial score (nSPS) is 23.6. The molecule has 2 atom stereocenters. The molecule has 1 aliphatic rings. The topological polar surface area (TPSA) is 24.5 Å². The third-order valence-corrected chi connectivity index (χ3v) is 3.29. The molecule has 0 bridgehead atoms. The van der Waals surface area contributed by atoms with Crippen LogP contribution in [0.5, 0.6) is 0 Å². The second-order valence-corrected chi connectivity index (χ2v) is 5.00. The summed E-state index contributed by atoms with van der Waals surface area (Å²) in [6.07, 6.45) is 5.53. The first-order chi connectivity index (χ1) is 7.72. The van der Waals surface area contributed by atoms with Gasteiger partial charge in [0.2, 0.25) is 0 Å².